The maximum Gasteiger partial charge on any atom is 0.139 e. The van der Waals surface area contributed by atoms with Gasteiger partial charge in [-0.3, -0.25) is 0 Å². The number of benzene rings is 1. The van der Waals surface area contributed by atoms with Crippen LogP contribution in [0.3, 0.4) is 0 Å². The zero-order chi connectivity index (χ0) is 14.2. The molecule has 1 aromatic carbocycles. The Morgan fingerprint density at radius 2 is 1.89 bits per heavy atom. The van der Waals surface area contributed by atoms with Gasteiger partial charge in [0.1, 0.15) is 5.82 Å². The topological polar surface area (TPSA) is 29.3 Å². The second kappa shape index (κ2) is 5.31. The van der Waals surface area contributed by atoms with Gasteiger partial charge in [0.2, 0.25) is 0 Å². The number of nitrogen functional groups attached to an aromatic ring is 1. The zero-order valence-electron chi connectivity index (χ0n) is 11.8. The lowest BCUT2D eigenvalue weighted by Gasteiger charge is -2.40. The SMILES string of the molecule is CN(c1cc(F)c(Br)cc1N)C1CCC(C)(C)CC1. The Morgan fingerprint density at radius 3 is 2.47 bits per heavy atom. The fourth-order valence-electron chi connectivity index (χ4n) is 2.83. The highest BCUT2D eigenvalue weighted by atomic mass is 79.9. The van der Waals surface area contributed by atoms with Crippen molar-refractivity contribution in [2.24, 2.45) is 5.41 Å². The average molecular weight is 329 g/mol. The van der Waals surface area contributed by atoms with E-state index in [0.29, 0.717) is 21.6 Å². The monoisotopic (exact) mass is 328 g/mol. The first-order valence-electron chi connectivity index (χ1n) is 6.77. The number of nitrogens with zero attached hydrogens (tertiary/aromatic N) is 1. The van der Waals surface area contributed by atoms with E-state index in [9.17, 15) is 4.39 Å². The first-order chi connectivity index (χ1) is 8.80. The molecule has 0 aliphatic heterocycles. The second-order valence-electron chi connectivity index (χ2n) is 6.33. The number of anilines is 2. The van der Waals surface area contributed by atoms with Gasteiger partial charge < -0.3 is 10.6 Å². The van der Waals surface area contributed by atoms with Crippen LogP contribution in [0.25, 0.3) is 0 Å². The smallest absolute Gasteiger partial charge is 0.139 e. The number of hydrogen-bond acceptors (Lipinski definition) is 2. The lowest BCUT2D eigenvalue weighted by atomic mass is 9.75. The predicted molar refractivity (Wildman–Crippen MR) is 83.0 cm³/mol. The Labute approximate surface area is 123 Å². The van der Waals surface area contributed by atoms with Crippen LogP contribution in [0.2, 0.25) is 0 Å². The highest BCUT2D eigenvalue weighted by Crippen LogP contribution is 2.39. The molecule has 2 nitrogen and oxygen atoms in total. The van der Waals surface area contributed by atoms with Crippen LogP contribution in [0.4, 0.5) is 15.8 Å². The summed E-state index contributed by atoms with van der Waals surface area (Å²) in [5.41, 5.74) is 7.87. The maximum absolute atomic E-state index is 13.7. The van der Waals surface area contributed by atoms with Crippen molar-refractivity contribution in [2.75, 3.05) is 17.7 Å². The quantitative estimate of drug-likeness (QED) is 0.805. The molecule has 1 saturated carbocycles. The first kappa shape index (κ1) is 14.6. The fourth-order valence-corrected chi connectivity index (χ4v) is 3.19. The van der Waals surface area contributed by atoms with Crippen molar-refractivity contribution >= 4 is 27.3 Å². The number of nitrogens with two attached hydrogens (primary N) is 1. The van der Waals surface area contributed by atoms with E-state index in [2.05, 4.69) is 34.7 Å². The molecule has 0 saturated heterocycles. The molecule has 0 atom stereocenters. The zero-order valence-corrected chi connectivity index (χ0v) is 13.4. The molecule has 106 valence electrons. The summed E-state index contributed by atoms with van der Waals surface area (Å²) in [6.45, 7) is 4.63. The second-order valence-corrected chi connectivity index (χ2v) is 7.19. The number of hydrogen-bond donors (Lipinski definition) is 1. The third-order valence-electron chi connectivity index (χ3n) is 4.31. The van der Waals surface area contributed by atoms with E-state index in [1.165, 1.54) is 18.9 Å². The van der Waals surface area contributed by atoms with Crippen LogP contribution in [-0.4, -0.2) is 13.1 Å². The molecule has 0 spiro atoms. The molecule has 0 heterocycles. The maximum atomic E-state index is 13.7. The highest BCUT2D eigenvalue weighted by Gasteiger charge is 2.29. The Balaban J connectivity index is 2.16. The number of rotatable bonds is 2. The van der Waals surface area contributed by atoms with Crippen LogP contribution >= 0.6 is 15.9 Å². The van der Waals surface area contributed by atoms with Gasteiger partial charge in [0.15, 0.2) is 0 Å². The fraction of sp³-hybridized carbons (Fsp3) is 0.600. The van der Waals surface area contributed by atoms with E-state index in [-0.39, 0.29) is 5.82 Å². The average Bonchev–Trinajstić information content (AvgIpc) is 2.33. The van der Waals surface area contributed by atoms with Crippen LogP contribution in [0, 0.1) is 11.2 Å². The Kier molecular flexibility index (Phi) is 4.09. The predicted octanol–water partition coefficient (Wildman–Crippen LogP) is 4.58. The van der Waals surface area contributed by atoms with E-state index in [4.69, 9.17) is 5.73 Å². The molecule has 4 heteroatoms. The van der Waals surface area contributed by atoms with Crippen LogP contribution in [-0.2, 0) is 0 Å². The van der Waals surface area contributed by atoms with Crippen molar-refractivity contribution in [3.63, 3.8) is 0 Å². The van der Waals surface area contributed by atoms with Gasteiger partial charge in [-0.25, -0.2) is 4.39 Å². The standard InChI is InChI=1S/C15H22BrFN2/c1-15(2)6-4-10(5-7-15)19(3)14-9-12(17)11(16)8-13(14)18/h8-10H,4-7,18H2,1-3H3. The van der Waals surface area contributed by atoms with Crippen molar-refractivity contribution in [3.8, 4) is 0 Å². The Bertz CT molecular complexity index is 463. The molecule has 1 aromatic rings. The molecular weight excluding hydrogens is 307 g/mol. The van der Waals surface area contributed by atoms with Crippen molar-refractivity contribution < 1.29 is 4.39 Å². The summed E-state index contributed by atoms with van der Waals surface area (Å²) in [6, 6.07) is 3.63. The molecule has 1 aliphatic carbocycles. The van der Waals surface area contributed by atoms with E-state index >= 15 is 0 Å². The van der Waals surface area contributed by atoms with Gasteiger partial charge in [0.05, 0.1) is 15.8 Å². The molecule has 0 amide bonds. The summed E-state index contributed by atoms with van der Waals surface area (Å²) in [4.78, 5) is 2.14. The minimum absolute atomic E-state index is 0.257. The molecule has 2 N–H and O–H groups in total. The summed E-state index contributed by atoms with van der Waals surface area (Å²) in [6.07, 6.45) is 4.70. The summed E-state index contributed by atoms with van der Waals surface area (Å²) >= 11 is 3.17. The van der Waals surface area contributed by atoms with E-state index in [0.717, 1.165) is 18.5 Å². The van der Waals surface area contributed by atoms with Crippen LogP contribution in [0.5, 0.6) is 0 Å². The summed E-state index contributed by atoms with van der Waals surface area (Å²) in [7, 11) is 2.02. The molecule has 0 unspecified atom stereocenters. The summed E-state index contributed by atoms with van der Waals surface area (Å²) in [5, 5.41) is 0. The normalized spacial score (nSPS) is 19.4. The lowest BCUT2D eigenvalue weighted by Crippen LogP contribution is -2.37. The molecular formula is C15H22BrFN2. The van der Waals surface area contributed by atoms with Crippen LogP contribution < -0.4 is 10.6 Å². The van der Waals surface area contributed by atoms with Crippen molar-refractivity contribution in [2.45, 2.75) is 45.6 Å². The first-order valence-corrected chi connectivity index (χ1v) is 7.57. The van der Waals surface area contributed by atoms with Gasteiger partial charge in [-0.1, -0.05) is 13.8 Å². The third kappa shape index (κ3) is 3.22. The summed E-state index contributed by atoms with van der Waals surface area (Å²) < 4.78 is 14.1. The molecule has 19 heavy (non-hydrogen) atoms. The Morgan fingerprint density at radius 1 is 1.32 bits per heavy atom. The largest absolute Gasteiger partial charge is 0.397 e. The highest BCUT2D eigenvalue weighted by molar-refractivity contribution is 9.10. The van der Waals surface area contributed by atoms with Gasteiger partial charge in [-0.2, -0.15) is 0 Å². The van der Waals surface area contributed by atoms with E-state index in [1.54, 1.807) is 6.07 Å². The van der Waals surface area contributed by atoms with Gasteiger partial charge in [-0.15, -0.1) is 0 Å². The Hall–Kier alpha value is -0.770. The lowest BCUT2D eigenvalue weighted by molar-refractivity contribution is 0.222. The number of halogens is 2. The van der Waals surface area contributed by atoms with Gasteiger partial charge in [0, 0.05) is 19.2 Å². The third-order valence-corrected chi connectivity index (χ3v) is 4.91. The summed E-state index contributed by atoms with van der Waals surface area (Å²) in [5.74, 6) is -0.257. The molecule has 0 bridgehead atoms. The van der Waals surface area contributed by atoms with Gasteiger partial charge in [0.25, 0.3) is 0 Å². The van der Waals surface area contributed by atoms with Crippen molar-refractivity contribution in [1.29, 1.82) is 0 Å². The minimum atomic E-state index is -0.257. The van der Waals surface area contributed by atoms with Gasteiger partial charge >= 0.3 is 0 Å². The van der Waals surface area contributed by atoms with Crippen molar-refractivity contribution in [3.05, 3.63) is 22.4 Å². The van der Waals surface area contributed by atoms with Gasteiger partial charge in [-0.05, 0) is 53.1 Å². The minimum Gasteiger partial charge on any atom is -0.397 e. The molecule has 0 aromatic heterocycles. The molecule has 1 aliphatic rings. The van der Waals surface area contributed by atoms with Crippen LogP contribution in [0.1, 0.15) is 39.5 Å². The van der Waals surface area contributed by atoms with E-state index < -0.39 is 0 Å². The molecule has 1 fully saturated rings. The van der Waals surface area contributed by atoms with Crippen molar-refractivity contribution in [1.82, 2.24) is 0 Å². The molecule has 2 rings (SSSR count). The van der Waals surface area contributed by atoms with Crippen LogP contribution in [0.15, 0.2) is 16.6 Å². The van der Waals surface area contributed by atoms with E-state index in [1.807, 2.05) is 7.05 Å². The molecule has 0 radical (unpaired) electrons.